The van der Waals surface area contributed by atoms with Crippen molar-refractivity contribution in [1.29, 1.82) is 0 Å². The standard InChI is InChI=1S/C16H30O2/c1-4-16(2,3)13-7-8-14(17)15(11-13)18-10-9-12-5-6-12/h12-15,17H,4-11H2,1-3H3. The van der Waals surface area contributed by atoms with Crippen LogP contribution in [0.25, 0.3) is 0 Å². The third-order valence-corrected chi connectivity index (χ3v) is 5.33. The van der Waals surface area contributed by atoms with Crippen LogP contribution in [0.4, 0.5) is 0 Å². The first-order valence-electron chi connectivity index (χ1n) is 7.82. The Bertz CT molecular complexity index is 258. The van der Waals surface area contributed by atoms with Gasteiger partial charge >= 0.3 is 0 Å². The van der Waals surface area contributed by atoms with Crippen LogP contribution in [0.5, 0.6) is 0 Å². The van der Waals surface area contributed by atoms with Gasteiger partial charge in [-0.25, -0.2) is 0 Å². The number of ether oxygens (including phenoxy) is 1. The van der Waals surface area contributed by atoms with Gasteiger partial charge in [0.25, 0.3) is 0 Å². The Balaban J connectivity index is 1.79. The third-order valence-electron chi connectivity index (χ3n) is 5.33. The van der Waals surface area contributed by atoms with Gasteiger partial charge in [-0.3, -0.25) is 0 Å². The number of hydrogen-bond donors (Lipinski definition) is 1. The fourth-order valence-corrected chi connectivity index (χ4v) is 3.08. The predicted octanol–water partition coefficient (Wildman–Crippen LogP) is 3.77. The summed E-state index contributed by atoms with van der Waals surface area (Å²) in [5.74, 6) is 1.63. The minimum atomic E-state index is -0.229. The molecule has 18 heavy (non-hydrogen) atoms. The van der Waals surface area contributed by atoms with E-state index in [-0.39, 0.29) is 12.2 Å². The molecule has 1 N–H and O–H groups in total. The maximum atomic E-state index is 10.1. The number of aliphatic hydroxyl groups is 1. The minimum Gasteiger partial charge on any atom is -0.390 e. The highest BCUT2D eigenvalue weighted by atomic mass is 16.5. The predicted molar refractivity (Wildman–Crippen MR) is 74.5 cm³/mol. The van der Waals surface area contributed by atoms with Crippen molar-refractivity contribution in [2.75, 3.05) is 6.61 Å². The van der Waals surface area contributed by atoms with Gasteiger partial charge in [0, 0.05) is 6.61 Å². The van der Waals surface area contributed by atoms with Gasteiger partial charge in [0.15, 0.2) is 0 Å². The van der Waals surface area contributed by atoms with Gasteiger partial charge in [0.2, 0.25) is 0 Å². The molecule has 0 aromatic heterocycles. The highest BCUT2D eigenvalue weighted by molar-refractivity contribution is 4.87. The summed E-state index contributed by atoms with van der Waals surface area (Å²) in [4.78, 5) is 0. The summed E-state index contributed by atoms with van der Waals surface area (Å²) in [6.07, 6.45) is 8.18. The zero-order chi connectivity index (χ0) is 13.2. The van der Waals surface area contributed by atoms with Gasteiger partial charge in [0.05, 0.1) is 12.2 Å². The van der Waals surface area contributed by atoms with Gasteiger partial charge in [-0.1, -0.05) is 40.0 Å². The molecule has 0 spiro atoms. The van der Waals surface area contributed by atoms with Crippen LogP contribution in [0.3, 0.4) is 0 Å². The summed E-state index contributed by atoms with van der Waals surface area (Å²) in [7, 11) is 0. The summed E-state index contributed by atoms with van der Waals surface area (Å²) >= 11 is 0. The molecule has 2 fully saturated rings. The van der Waals surface area contributed by atoms with Crippen molar-refractivity contribution in [3.8, 4) is 0 Å². The molecule has 3 unspecified atom stereocenters. The molecular formula is C16H30O2. The van der Waals surface area contributed by atoms with Crippen LogP contribution in [-0.4, -0.2) is 23.9 Å². The van der Waals surface area contributed by atoms with Crippen LogP contribution in [-0.2, 0) is 4.74 Å². The summed E-state index contributed by atoms with van der Waals surface area (Å²) in [5.41, 5.74) is 0.387. The van der Waals surface area contributed by atoms with Crippen molar-refractivity contribution in [3.05, 3.63) is 0 Å². The molecule has 2 heteroatoms. The molecule has 2 aliphatic rings. The van der Waals surface area contributed by atoms with Crippen LogP contribution < -0.4 is 0 Å². The number of rotatable bonds is 6. The highest BCUT2D eigenvalue weighted by Crippen LogP contribution is 2.41. The van der Waals surface area contributed by atoms with Crippen LogP contribution in [0.2, 0.25) is 0 Å². The lowest BCUT2D eigenvalue weighted by atomic mass is 9.68. The summed E-state index contributed by atoms with van der Waals surface area (Å²) in [5, 5.41) is 10.1. The van der Waals surface area contributed by atoms with E-state index in [1.165, 1.54) is 25.7 Å². The third kappa shape index (κ3) is 3.71. The quantitative estimate of drug-likeness (QED) is 0.782. The van der Waals surface area contributed by atoms with Crippen LogP contribution in [0, 0.1) is 17.3 Å². The zero-order valence-corrected chi connectivity index (χ0v) is 12.3. The van der Waals surface area contributed by atoms with Crippen molar-refractivity contribution in [2.24, 2.45) is 17.3 Å². The lowest BCUT2D eigenvalue weighted by Gasteiger charge is -2.41. The van der Waals surface area contributed by atoms with E-state index in [1.807, 2.05) is 0 Å². The Morgan fingerprint density at radius 2 is 1.89 bits per heavy atom. The van der Waals surface area contributed by atoms with Crippen molar-refractivity contribution in [1.82, 2.24) is 0 Å². The van der Waals surface area contributed by atoms with Crippen molar-refractivity contribution < 1.29 is 9.84 Å². The molecule has 0 saturated heterocycles. The highest BCUT2D eigenvalue weighted by Gasteiger charge is 2.37. The second kappa shape index (κ2) is 5.92. The molecule has 0 amide bonds. The van der Waals surface area contributed by atoms with Crippen molar-refractivity contribution >= 4 is 0 Å². The monoisotopic (exact) mass is 254 g/mol. The second-order valence-electron chi connectivity index (χ2n) is 7.06. The van der Waals surface area contributed by atoms with Gasteiger partial charge < -0.3 is 9.84 Å². The molecule has 0 bridgehead atoms. The van der Waals surface area contributed by atoms with Crippen LogP contribution in [0.15, 0.2) is 0 Å². The Kier molecular flexibility index (Phi) is 4.71. The lowest BCUT2D eigenvalue weighted by Crippen LogP contribution is -2.40. The van der Waals surface area contributed by atoms with Crippen molar-refractivity contribution in [2.45, 2.75) is 77.9 Å². The van der Waals surface area contributed by atoms with E-state index in [4.69, 9.17) is 4.74 Å². The maximum absolute atomic E-state index is 10.1. The molecular weight excluding hydrogens is 224 g/mol. The largest absolute Gasteiger partial charge is 0.390 e. The first kappa shape index (κ1) is 14.3. The average Bonchev–Trinajstić information content (AvgIpc) is 3.15. The molecule has 106 valence electrons. The minimum absolute atomic E-state index is 0.0910. The topological polar surface area (TPSA) is 29.5 Å². The smallest absolute Gasteiger partial charge is 0.0836 e. The molecule has 2 aliphatic carbocycles. The SMILES string of the molecule is CCC(C)(C)C1CCC(O)C(OCCC2CC2)C1. The van der Waals surface area contributed by atoms with Crippen LogP contribution in [0.1, 0.15) is 65.7 Å². The second-order valence-corrected chi connectivity index (χ2v) is 7.06. The lowest BCUT2D eigenvalue weighted by molar-refractivity contribution is -0.0869. The summed E-state index contributed by atoms with van der Waals surface area (Å²) < 4.78 is 5.97. The van der Waals surface area contributed by atoms with Gasteiger partial charge in [-0.15, -0.1) is 0 Å². The van der Waals surface area contributed by atoms with E-state index >= 15 is 0 Å². The Morgan fingerprint density at radius 1 is 1.17 bits per heavy atom. The Labute approximate surface area is 112 Å². The molecule has 0 aromatic rings. The van der Waals surface area contributed by atoms with Gasteiger partial charge in [-0.05, 0) is 42.9 Å². The Morgan fingerprint density at radius 3 is 2.50 bits per heavy atom. The van der Waals surface area contributed by atoms with Crippen molar-refractivity contribution in [3.63, 3.8) is 0 Å². The molecule has 0 heterocycles. The van der Waals surface area contributed by atoms with E-state index in [2.05, 4.69) is 20.8 Å². The molecule has 3 atom stereocenters. The normalized spacial score (nSPS) is 33.7. The molecule has 2 nitrogen and oxygen atoms in total. The first-order valence-corrected chi connectivity index (χ1v) is 7.82. The fraction of sp³-hybridized carbons (Fsp3) is 1.00. The first-order chi connectivity index (χ1) is 8.53. The van der Waals surface area contributed by atoms with Crippen LogP contribution >= 0.6 is 0 Å². The fourth-order valence-electron chi connectivity index (χ4n) is 3.08. The maximum Gasteiger partial charge on any atom is 0.0836 e. The number of aliphatic hydroxyl groups excluding tert-OH is 1. The van der Waals surface area contributed by atoms with E-state index in [0.717, 1.165) is 31.8 Å². The van der Waals surface area contributed by atoms with Gasteiger partial charge in [-0.2, -0.15) is 0 Å². The zero-order valence-electron chi connectivity index (χ0n) is 12.3. The summed E-state index contributed by atoms with van der Waals surface area (Å²) in [6, 6.07) is 0. The molecule has 0 aromatic carbocycles. The molecule has 2 rings (SSSR count). The summed E-state index contributed by atoms with van der Waals surface area (Å²) in [6.45, 7) is 7.84. The molecule has 0 aliphatic heterocycles. The average molecular weight is 254 g/mol. The van der Waals surface area contributed by atoms with E-state index in [9.17, 15) is 5.11 Å². The van der Waals surface area contributed by atoms with E-state index < -0.39 is 0 Å². The molecule has 2 saturated carbocycles. The molecule has 0 radical (unpaired) electrons. The number of hydrogen-bond acceptors (Lipinski definition) is 2. The van der Waals surface area contributed by atoms with Gasteiger partial charge in [0.1, 0.15) is 0 Å². The Hall–Kier alpha value is -0.0800. The van der Waals surface area contributed by atoms with E-state index in [1.54, 1.807) is 0 Å². The van der Waals surface area contributed by atoms with E-state index in [0.29, 0.717) is 11.3 Å².